The SMILES string of the molecule is CS(=O)(=O)N1CC[C@@]2(CCCO2)[C@@H](OCc2ccccc2)C1. The van der Waals surface area contributed by atoms with Gasteiger partial charge in [-0.15, -0.1) is 0 Å². The van der Waals surface area contributed by atoms with Gasteiger partial charge in [-0.25, -0.2) is 8.42 Å². The molecule has 2 aliphatic heterocycles. The Labute approximate surface area is 132 Å². The second-order valence-electron chi connectivity index (χ2n) is 6.17. The van der Waals surface area contributed by atoms with E-state index in [1.54, 1.807) is 0 Å². The van der Waals surface area contributed by atoms with Crippen molar-refractivity contribution < 1.29 is 17.9 Å². The predicted octanol–water partition coefficient (Wildman–Crippen LogP) is 1.79. The van der Waals surface area contributed by atoms with Crippen LogP contribution in [0.25, 0.3) is 0 Å². The average molecular weight is 325 g/mol. The normalized spacial score (nSPS) is 30.0. The molecule has 5 nitrogen and oxygen atoms in total. The molecule has 2 heterocycles. The number of ether oxygens (including phenoxy) is 2. The Balaban J connectivity index is 1.73. The van der Waals surface area contributed by atoms with Crippen LogP contribution in [-0.2, 0) is 26.1 Å². The van der Waals surface area contributed by atoms with E-state index < -0.39 is 10.0 Å². The molecule has 1 aromatic rings. The molecule has 122 valence electrons. The molecule has 0 N–H and O–H groups in total. The lowest BCUT2D eigenvalue weighted by molar-refractivity contribution is -0.148. The smallest absolute Gasteiger partial charge is 0.211 e. The first-order valence-electron chi connectivity index (χ1n) is 7.74. The zero-order valence-electron chi connectivity index (χ0n) is 12.9. The van der Waals surface area contributed by atoms with Crippen LogP contribution >= 0.6 is 0 Å². The van der Waals surface area contributed by atoms with Crippen molar-refractivity contribution in [1.29, 1.82) is 0 Å². The third-order valence-electron chi connectivity index (χ3n) is 4.64. The molecule has 0 radical (unpaired) electrons. The van der Waals surface area contributed by atoms with Crippen molar-refractivity contribution in [2.24, 2.45) is 0 Å². The third-order valence-corrected chi connectivity index (χ3v) is 5.91. The fraction of sp³-hybridized carbons (Fsp3) is 0.625. The van der Waals surface area contributed by atoms with Gasteiger partial charge >= 0.3 is 0 Å². The highest BCUT2D eigenvalue weighted by Gasteiger charge is 2.48. The zero-order valence-corrected chi connectivity index (χ0v) is 13.7. The molecule has 2 atom stereocenters. The Bertz CT molecular complexity index is 596. The lowest BCUT2D eigenvalue weighted by atomic mass is 9.86. The minimum Gasteiger partial charge on any atom is -0.372 e. The Kier molecular flexibility index (Phi) is 4.54. The zero-order chi connectivity index (χ0) is 15.6. The first-order valence-corrected chi connectivity index (χ1v) is 9.59. The summed E-state index contributed by atoms with van der Waals surface area (Å²) in [4.78, 5) is 0. The maximum atomic E-state index is 11.8. The monoisotopic (exact) mass is 325 g/mol. The van der Waals surface area contributed by atoms with Crippen LogP contribution in [0.3, 0.4) is 0 Å². The fourth-order valence-electron chi connectivity index (χ4n) is 3.36. The molecular weight excluding hydrogens is 302 g/mol. The summed E-state index contributed by atoms with van der Waals surface area (Å²) >= 11 is 0. The van der Waals surface area contributed by atoms with E-state index in [4.69, 9.17) is 9.47 Å². The first kappa shape index (κ1) is 15.9. The highest BCUT2D eigenvalue weighted by atomic mass is 32.2. The van der Waals surface area contributed by atoms with Gasteiger partial charge in [-0.3, -0.25) is 0 Å². The van der Waals surface area contributed by atoms with Crippen molar-refractivity contribution in [1.82, 2.24) is 4.31 Å². The van der Waals surface area contributed by atoms with Gasteiger partial charge in [-0.1, -0.05) is 30.3 Å². The largest absolute Gasteiger partial charge is 0.372 e. The van der Waals surface area contributed by atoms with Crippen LogP contribution in [-0.4, -0.2) is 50.4 Å². The van der Waals surface area contributed by atoms with Crippen molar-refractivity contribution in [2.45, 2.75) is 37.6 Å². The number of hydrogen-bond acceptors (Lipinski definition) is 4. The van der Waals surface area contributed by atoms with Gasteiger partial charge in [0, 0.05) is 19.7 Å². The molecule has 22 heavy (non-hydrogen) atoms. The summed E-state index contributed by atoms with van der Waals surface area (Å²) in [6.07, 6.45) is 3.72. The van der Waals surface area contributed by atoms with E-state index >= 15 is 0 Å². The summed E-state index contributed by atoms with van der Waals surface area (Å²) in [5.41, 5.74) is 0.780. The van der Waals surface area contributed by atoms with E-state index in [2.05, 4.69) is 0 Å². The second-order valence-corrected chi connectivity index (χ2v) is 8.16. The standard InChI is InChI=1S/C16H23NO4S/c1-22(18,19)17-10-9-16(8-5-11-21-16)15(12-17)20-13-14-6-3-2-4-7-14/h2-4,6-7,15H,5,8-13H2,1H3/t15-,16-/m0/s1. The van der Waals surface area contributed by atoms with E-state index in [0.29, 0.717) is 26.1 Å². The summed E-state index contributed by atoms with van der Waals surface area (Å²) in [7, 11) is -3.19. The second kappa shape index (κ2) is 6.28. The van der Waals surface area contributed by atoms with E-state index in [-0.39, 0.29) is 11.7 Å². The molecule has 2 fully saturated rings. The third kappa shape index (κ3) is 3.35. The summed E-state index contributed by atoms with van der Waals surface area (Å²) < 4.78 is 37.3. The molecule has 0 amide bonds. The van der Waals surface area contributed by atoms with E-state index in [9.17, 15) is 8.42 Å². The molecule has 2 aliphatic rings. The van der Waals surface area contributed by atoms with Gasteiger partial charge in [0.2, 0.25) is 10.0 Å². The van der Waals surface area contributed by atoms with Crippen molar-refractivity contribution in [3.8, 4) is 0 Å². The van der Waals surface area contributed by atoms with Crippen LogP contribution in [0.5, 0.6) is 0 Å². The van der Waals surface area contributed by atoms with Crippen LogP contribution in [0.15, 0.2) is 30.3 Å². The number of benzene rings is 1. The van der Waals surface area contributed by atoms with Crippen LogP contribution in [0.2, 0.25) is 0 Å². The summed E-state index contributed by atoms with van der Waals surface area (Å²) in [5, 5.41) is 0. The Morgan fingerprint density at radius 2 is 2.09 bits per heavy atom. The molecule has 0 saturated carbocycles. The van der Waals surface area contributed by atoms with E-state index in [1.165, 1.54) is 10.6 Å². The molecule has 6 heteroatoms. The molecule has 0 bridgehead atoms. The molecular formula is C16H23NO4S. The van der Waals surface area contributed by atoms with Gasteiger partial charge < -0.3 is 9.47 Å². The van der Waals surface area contributed by atoms with Crippen molar-refractivity contribution >= 4 is 10.0 Å². The van der Waals surface area contributed by atoms with Gasteiger partial charge in [-0.05, 0) is 24.8 Å². The van der Waals surface area contributed by atoms with Crippen molar-refractivity contribution in [2.75, 3.05) is 26.0 Å². The maximum absolute atomic E-state index is 11.8. The van der Waals surface area contributed by atoms with Gasteiger partial charge in [0.05, 0.1) is 18.5 Å². The number of hydrogen-bond donors (Lipinski definition) is 0. The molecule has 0 unspecified atom stereocenters. The van der Waals surface area contributed by atoms with Gasteiger partial charge in [-0.2, -0.15) is 4.31 Å². The molecule has 1 aromatic carbocycles. The molecule has 2 saturated heterocycles. The van der Waals surface area contributed by atoms with Crippen molar-refractivity contribution in [3.05, 3.63) is 35.9 Å². The van der Waals surface area contributed by atoms with E-state index in [1.807, 2.05) is 30.3 Å². The van der Waals surface area contributed by atoms with Gasteiger partial charge in [0.25, 0.3) is 0 Å². The highest BCUT2D eigenvalue weighted by molar-refractivity contribution is 7.88. The van der Waals surface area contributed by atoms with Crippen LogP contribution in [0, 0.1) is 0 Å². The molecule has 0 aliphatic carbocycles. The number of piperidine rings is 1. The topological polar surface area (TPSA) is 55.8 Å². The van der Waals surface area contributed by atoms with Crippen LogP contribution < -0.4 is 0 Å². The molecule has 0 aromatic heterocycles. The summed E-state index contributed by atoms with van der Waals surface area (Å²) in [6, 6.07) is 9.95. The average Bonchev–Trinajstić information content (AvgIpc) is 2.95. The first-order chi connectivity index (χ1) is 10.5. The minimum absolute atomic E-state index is 0.210. The Hall–Kier alpha value is -0.950. The predicted molar refractivity (Wildman–Crippen MR) is 84.0 cm³/mol. The number of nitrogens with zero attached hydrogens (tertiary/aromatic N) is 1. The quantitative estimate of drug-likeness (QED) is 0.847. The Morgan fingerprint density at radius 3 is 2.73 bits per heavy atom. The van der Waals surface area contributed by atoms with Crippen molar-refractivity contribution in [3.63, 3.8) is 0 Å². The lowest BCUT2D eigenvalue weighted by Crippen LogP contribution is -2.57. The van der Waals surface area contributed by atoms with Crippen LogP contribution in [0.1, 0.15) is 24.8 Å². The van der Waals surface area contributed by atoms with Gasteiger partial charge in [0.1, 0.15) is 6.10 Å². The molecule has 1 spiro atoms. The Morgan fingerprint density at radius 1 is 1.32 bits per heavy atom. The van der Waals surface area contributed by atoms with E-state index in [0.717, 1.165) is 25.0 Å². The molecule has 3 rings (SSSR count). The summed E-state index contributed by atoms with van der Waals surface area (Å²) in [5.74, 6) is 0. The van der Waals surface area contributed by atoms with Gasteiger partial charge in [0.15, 0.2) is 0 Å². The number of rotatable bonds is 4. The van der Waals surface area contributed by atoms with Crippen LogP contribution in [0.4, 0.5) is 0 Å². The highest BCUT2D eigenvalue weighted by Crippen LogP contribution is 2.38. The summed E-state index contributed by atoms with van der Waals surface area (Å²) in [6.45, 7) is 2.12. The maximum Gasteiger partial charge on any atom is 0.211 e. The lowest BCUT2D eigenvalue weighted by Gasteiger charge is -2.43. The minimum atomic E-state index is -3.19. The number of sulfonamides is 1. The fourth-order valence-corrected chi connectivity index (χ4v) is 4.19.